The summed E-state index contributed by atoms with van der Waals surface area (Å²) in [5.41, 5.74) is 0. The van der Waals surface area contributed by atoms with Crippen LogP contribution in [0.2, 0.25) is 0 Å². The highest BCUT2D eigenvalue weighted by Crippen LogP contribution is 1.91. The minimum atomic E-state index is -1.36. The molecule has 0 bridgehead atoms. The summed E-state index contributed by atoms with van der Waals surface area (Å²) in [6.07, 6.45) is 0.550. The molecule has 0 atom stereocenters. The lowest BCUT2D eigenvalue weighted by Gasteiger charge is -1.97. The largest absolute Gasteiger partial charge is 0.476 e. The fraction of sp³-hybridized carbons (Fsp3) is 0.714. The van der Waals surface area contributed by atoms with E-state index in [1.54, 1.807) is 0 Å². The van der Waals surface area contributed by atoms with Crippen molar-refractivity contribution in [1.29, 1.82) is 0 Å². The van der Waals surface area contributed by atoms with Crippen molar-refractivity contribution in [3.05, 3.63) is 0 Å². The Morgan fingerprint density at radius 3 is 2.55 bits per heavy atom. The first-order valence-electron chi connectivity index (χ1n) is 3.52. The number of hydrogen-bond donors (Lipinski definition) is 1. The van der Waals surface area contributed by atoms with Crippen LogP contribution < -0.4 is 0 Å². The number of rotatable bonds is 6. The summed E-state index contributed by atoms with van der Waals surface area (Å²) in [6.45, 7) is 2.90. The number of carboxylic acids is 1. The zero-order valence-electron chi connectivity index (χ0n) is 6.50. The molecule has 0 aromatic heterocycles. The van der Waals surface area contributed by atoms with Crippen molar-refractivity contribution in [2.75, 3.05) is 13.2 Å². The topological polar surface area (TPSA) is 63.6 Å². The Hall–Kier alpha value is -0.900. The van der Waals surface area contributed by atoms with Crippen LogP contribution in [0.1, 0.15) is 19.8 Å². The van der Waals surface area contributed by atoms with E-state index in [2.05, 4.69) is 0 Å². The number of aliphatic carboxylic acids is 1. The minimum Gasteiger partial charge on any atom is -0.476 e. The van der Waals surface area contributed by atoms with Crippen molar-refractivity contribution in [1.82, 2.24) is 0 Å². The molecule has 0 rings (SSSR count). The minimum absolute atomic E-state index is 0.0648. The van der Waals surface area contributed by atoms with E-state index in [-0.39, 0.29) is 6.42 Å². The van der Waals surface area contributed by atoms with Gasteiger partial charge in [0.25, 0.3) is 0 Å². The second-order valence-electron chi connectivity index (χ2n) is 2.03. The van der Waals surface area contributed by atoms with Gasteiger partial charge in [0.05, 0.1) is 0 Å². The molecule has 0 aliphatic carbocycles. The fourth-order valence-corrected chi connectivity index (χ4v) is 0.586. The van der Waals surface area contributed by atoms with Gasteiger partial charge in [0.15, 0.2) is 0 Å². The summed E-state index contributed by atoms with van der Waals surface area (Å²) in [6, 6.07) is 0. The van der Waals surface area contributed by atoms with Crippen LogP contribution in [0.25, 0.3) is 0 Å². The van der Waals surface area contributed by atoms with Gasteiger partial charge in [-0.15, -0.1) is 0 Å². The molecule has 0 spiro atoms. The van der Waals surface area contributed by atoms with E-state index in [0.717, 1.165) is 0 Å². The molecule has 0 aromatic carbocycles. The van der Waals surface area contributed by atoms with E-state index in [1.807, 2.05) is 6.92 Å². The second-order valence-corrected chi connectivity index (χ2v) is 2.03. The van der Waals surface area contributed by atoms with Crippen LogP contribution in [0.4, 0.5) is 0 Å². The highest BCUT2D eigenvalue weighted by molar-refractivity contribution is 6.32. The maximum atomic E-state index is 10.5. The molecule has 64 valence electrons. The lowest BCUT2D eigenvalue weighted by Crippen LogP contribution is -2.12. The van der Waals surface area contributed by atoms with Gasteiger partial charge < -0.3 is 9.84 Å². The Kier molecular flexibility index (Phi) is 5.37. The van der Waals surface area contributed by atoms with Crippen molar-refractivity contribution in [3.63, 3.8) is 0 Å². The average molecular weight is 160 g/mol. The van der Waals surface area contributed by atoms with Gasteiger partial charge in [-0.1, -0.05) is 0 Å². The molecule has 0 saturated carbocycles. The summed E-state index contributed by atoms with van der Waals surface area (Å²) in [5.74, 6) is -2.11. The summed E-state index contributed by atoms with van der Waals surface area (Å²) in [7, 11) is 0. The lowest BCUT2D eigenvalue weighted by molar-refractivity contribution is -0.149. The summed E-state index contributed by atoms with van der Waals surface area (Å²) in [4.78, 5) is 20.4. The van der Waals surface area contributed by atoms with Gasteiger partial charge in [0, 0.05) is 19.6 Å². The Morgan fingerprint density at radius 1 is 1.45 bits per heavy atom. The molecule has 4 nitrogen and oxygen atoms in total. The Bertz CT molecular complexity index is 141. The molecular weight excluding hydrogens is 148 g/mol. The third kappa shape index (κ3) is 5.54. The van der Waals surface area contributed by atoms with Crippen molar-refractivity contribution in [2.45, 2.75) is 19.8 Å². The van der Waals surface area contributed by atoms with Gasteiger partial charge in [-0.25, -0.2) is 4.79 Å². The normalized spacial score (nSPS) is 9.55. The first-order valence-corrected chi connectivity index (χ1v) is 3.52. The van der Waals surface area contributed by atoms with Crippen molar-refractivity contribution in [3.8, 4) is 0 Å². The first-order chi connectivity index (χ1) is 5.18. The number of carbonyl (C=O) groups is 2. The zero-order chi connectivity index (χ0) is 8.69. The fourth-order valence-electron chi connectivity index (χ4n) is 0.586. The molecular formula is C7H12O4. The molecule has 0 saturated heterocycles. The number of hydrogen-bond acceptors (Lipinski definition) is 3. The van der Waals surface area contributed by atoms with E-state index in [9.17, 15) is 9.59 Å². The number of carboxylic acid groups (broad SMARTS) is 1. The van der Waals surface area contributed by atoms with Crippen LogP contribution in [-0.2, 0) is 14.3 Å². The van der Waals surface area contributed by atoms with E-state index in [1.165, 1.54) is 0 Å². The van der Waals surface area contributed by atoms with Gasteiger partial charge in [0.1, 0.15) is 0 Å². The van der Waals surface area contributed by atoms with Crippen LogP contribution >= 0.6 is 0 Å². The van der Waals surface area contributed by atoms with E-state index in [0.29, 0.717) is 19.6 Å². The third-order valence-electron chi connectivity index (χ3n) is 1.14. The van der Waals surface area contributed by atoms with Crippen LogP contribution in [0.15, 0.2) is 0 Å². The third-order valence-corrected chi connectivity index (χ3v) is 1.14. The first kappa shape index (κ1) is 10.1. The van der Waals surface area contributed by atoms with Gasteiger partial charge in [-0.05, 0) is 13.3 Å². The smallest absolute Gasteiger partial charge is 0.372 e. The predicted octanol–water partition coefficient (Wildman–Crippen LogP) is 0.457. The molecule has 0 aromatic rings. The monoisotopic (exact) mass is 160 g/mol. The molecule has 11 heavy (non-hydrogen) atoms. The molecule has 0 unspecified atom stereocenters. The van der Waals surface area contributed by atoms with E-state index < -0.39 is 11.8 Å². The molecule has 0 amide bonds. The van der Waals surface area contributed by atoms with Crippen molar-refractivity contribution < 1.29 is 19.4 Å². The Morgan fingerprint density at radius 2 is 2.09 bits per heavy atom. The van der Waals surface area contributed by atoms with Crippen LogP contribution in [0, 0.1) is 0 Å². The number of Topliss-reactive ketones (excluding diaryl/α,β-unsaturated/α-hetero) is 1. The molecule has 0 radical (unpaired) electrons. The zero-order valence-corrected chi connectivity index (χ0v) is 6.50. The number of ether oxygens (including phenoxy) is 1. The number of carbonyl (C=O) groups excluding carboxylic acids is 1. The molecule has 0 aliphatic heterocycles. The quantitative estimate of drug-likeness (QED) is 0.452. The van der Waals surface area contributed by atoms with Crippen LogP contribution in [0.5, 0.6) is 0 Å². The second kappa shape index (κ2) is 5.85. The lowest BCUT2D eigenvalue weighted by atomic mass is 10.2. The Labute approximate surface area is 65.2 Å². The predicted molar refractivity (Wildman–Crippen MR) is 38.4 cm³/mol. The van der Waals surface area contributed by atoms with E-state index in [4.69, 9.17) is 9.84 Å². The highest BCUT2D eigenvalue weighted by Gasteiger charge is 2.09. The maximum absolute atomic E-state index is 10.5. The highest BCUT2D eigenvalue weighted by atomic mass is 16.5. The average Bonchev–Trinajstić information content (AvgIpc) is 1.97. The number of ketones is 1. The maximum Gasteiger partial charge on any atom is 0.372 e. The SMILES string of the molecule is CCOCCCC(=O)C(=O)O. The molecule has 0 fully saturated rings. The van der Waals surface area contributed by atoms with Crippen molar-refractivity contribution in [2.24, 2.45) is 0 Å². The van der Waals surface area contributed by atoms with Gasteiger partial charge in [-0.3, -0.25) is 4.79 Å². The Balaban J connectivity index is 3.25. The molecule has 0 aliphatic rings. The summed E-state index contributed by atoms with van der Waals surface area (Å²) < 4.78 is 4.92. The molecule has 4 heteroatoms. The van der Waals surface area contributed by atoms with E-state index >= 15 is 0 Å². The van der Waals surface area contributed by atoms with Gasteiger partial charge >= 0.3 is 5.97 Å². The molecule has 1 N–H and O–H groups in total. The van der Waals surface area contributed by atoms with Crippen molar-refractivity contribution >= 4 is 11.8 Å². The van der Waals surface area contributed by atoms with Crippen LogP contribution in [-0.4, -0.2) is 30.1 Å². The molecule has 0 heterocycles. The summed E-state index contributed by atoms with van der Waals surface area (Å²) >= 11 is 0. The van der Waals surface area contributed by atoms with Gasteiger partial charge in [-0.2, -0.15) is 0 Å². The summed E-state index contributed by atoms with van der Waals surface area (Å²) in [5, 5.41) is 8.15. The van der Waals surface area contributed by atoms with Crippen LogP contribution in [0.3, 0.4) is 0 Å². The van der Waals surface area contributed by atoms with Gasteiger partial charge in [0.2, 0.25) is 5.78 Å². The standard InChI is InChI=1S/C7H12O4/c1-2-11-5-3-4-6(8)7(9)10/h2-5H2,1H3,(H,9,10).